The number of rotatable bonds is 2. The number of nitrogens with zero attached hydrogens (tertiary/aromatic N) is 5. The fourth-order valence-electron chi connectivity index (χ4n) is 3.87. The Morgan fingerprint density at radius 3 is 2.29 bits per heavy atom. The molecular weight excluding hydrogens is 369 g/mol. The van der Waals surface area contributed by atoms with Crippen LogP contribution in [0, 0.1) is 12.8 Å². The van der Waals surface area contributed by atoms with E-state index in [2.05, 4.69) is 20.1 Å². The maximum absolute atomic E-state index is 12.8. The van der Waals surface area contributed by atoms with Crippen molar-refractivity contribution in [1.29, 1.82) is 0 Å². The van der Waals surface area contributed by atoms with Gasteiger partial charge in [-0.2, -0.15) is 13.2 Å². The lowest BCUT2D eigenvalue weighted by Crippen LogP contribution is -2.44. The molecule has 28 heavy (non-hydrogen) atoms. The highest BCUT2D eigenvalue weighted by molar-refractivity contribution is 5.05. The highest BCUT2D eigenvalue weighted by atomic mass is 19.4. The summed E-state index contributed by atoms with van der Waals surface area (Å²) < 4.78 is 39.6. The molecule has 1 fully saturated rings. The number of alkyl halides is 3. The number of aryl methyl sites for hydroxylation is 1. The van der Waals surface area contributed by atoms with Crippen LogP contribution in [-0.4, -0.2) is 43.8 Å². The van der Waals surface area contributed by atoms with Crippen molar-refractivity contribution in [3.8, 4) is 0 Å². The van der Waals surface area contributed by atoms with Gasteiger partial charge in [-0.05, 0) is 62.8 Å². The predicted octanol–water partition coefficient (Wildman–Crippen LogP) is 3.02. The van der Waals surface area contributed by atoms with Gasteiger partial charge in [-0.3, -0.25) is 9.88 Å². The van der Waals surface area contributed by atoms with Crippen molar-refractivity contribution in [3.05, 3.63) is 41.7 Å². The summed E-state index contributed by atoms with van der Waals surface area (Å²) in [6.45, 7) is 4.18. The van der Waals surface area contributed by atoms with Crippen LogP contribution in [0.2, 0.25) is 0 Å². The van der Waals surface area contributed by atoms with Gasteiger partial charge in [0, 0.05) is 31.5 Å². The van der Waals surface area contributed by atoms with Gasteiger partial charge in [0.05, 0.1) is 6.54 Å². The van der Waals surface area contributed by atoms with Crippen LogP contribution in [0.4, 0.5) is 13.2 Å². The molecule has 0 saturated heterocycles. The first-order valence-electron chi connectivity index (χ1n) is 9.68. The Kier molecular flexibility index (Phi) is 6.66. The van der Waals surface area contributed by atoms with Crippen LogP contribution in [0.15, 0.2) is 24.5 Å². The number of hydrogen-bond acceptors (Lipinski definition) is 5. The zero-order valence-corrected chi connectivity index (χ0v) is 16.1. The minimum atomic E-state index is -4.42. The zero-order chi connectivity index (χ0) is 20.1. The lowest BCUT2D eigenvalue weighted by atomic mass is 9.85. The SMILES string of the molecule is Cc1ccncc1.NCC1CCC(N2CCn3c(nnc3C(F)(F)F)C2)CC1. The summed E-state index contributed by atoms with van der Waals surface area (Å²) in [7, 11) is 0. The molecule has 2 aromatic rings. The minimum absolute atomic E-state index is 0.313. The summed E-state index contributed by atoms with van der Waals surface area (Å²) in [6.07, 6.45) is 3.51. The molecular formula is C19H27F3N6. The number of aromatic nitrogens is 4. The second-order valence-electron chi connectivity index (χ2n) is 7.49. The molecule has 2 N–H and O–H groups in total. The van der Waals surface area contributed by atoms with Crippen molar-refractivity contribution in [2.45, 2.75) is 57.9 Å². The summed E-state index contributed by atoms with van der Waals surface area (Å²) in [5.41, 5.74) is 6.95. The number of hydrogen-bond donors (Lipinski definition) is 1. The van der Waals surface area contributed by atoms with Crippen molar-refractivity contribution in [2.24, 2.45) is 11.7 Å². The quantitative estimate of drug-likeness (QED) is 0.845. The molecule has 1 saturated carbocycles. The van der Waals surface area contributed by atoms with Gasteiger partial charge in [0.25, 0.3) is 0 Å². The van der Waals surface area contributed by atoms with E-state index in [0.29, 0.717) is 37.4 Å². The summed E-state index contributed by atoms with van der Waals surface area (Å²) in [6, 6.07) is 4.38. The summed E-state index contributed by atoms with van der Waals surface area (Å²) in [4.78, 5) is 6.09. The monoisotopic (exact) mass is 396 g/mol. The van der Waals surface area contributed by atoms with Crippen LogP contribution in [0.1, 0.15) is 42.9 Å². The topological polar surface area (TPSA) is 72.9 Å². The van der Waals surface area contributed by atoms with Gasteiger partial charge in [0.1, 0.15) is 5.82 Å². The van der Waals surface area contributed by atoms with Gasteiger partial charge in [-0.1, -0.05) is 0 Å². The maximum atomic E-state index is 12.8. The molecule has 4 rings (SSSR count). The van der Waals surface area contributed by atoms with E-state index in [1.54, 1.807) is 12.4 Å². The Hall–Kier alpha value is -2.00. The van der Waals surface area contributed by atoms with Gasteiger partial charge in [-0.25, -0.2) is 0 Å². The molecule has 6 nitrogen and oxygen atoms in total. The van der Waals surface area contributed by atoms with E-state index in [1.165, 1.54) is 10.1 Å². The Morgan fingerprint density at radius 1 is 1.07 bits per heavy atom. The van der Waals surface area contributed by atoms with Gasteiger partial charge in [0.2, 0.25) is 5.82 Å². The molecule has 0 bridgehead atoms. The highest BCUT2D eigenvalue weighted by Gasteiger charge is 2.40. The molecule has 0 amide bonds. The highest BCUT2D eigenvalue weighted by Crippen LogP contribution is 2.32. The molecule has 1 aliphatic heterocycles. The first-order valence-corrected chi connectivity index (χ1v) is 9.68. The Balaban J connectivity index is 0.000000271. The van der Waals surface area contributed by atoms with Gasteiger partial charge in [-0.15, -0.1) is 10.2 Å². The van der Waals surface area contributed by atoms with Crippen molar-refractivity contribution in [2.75, 3.05) is 13.1 Å². The lowest BCUT2D eigenvalue weighted by molar-refractivity contribution is -0.148. The van der Waals surface area contributed by atoms with E-state index in [0.717, 1.165) is 32.2 Å². The molecule has 0 radical (unpaired) electrons. The molecule has 3 heterocycles. The van der Waals surface area contributed by atoms with E-state index in [9.17, 15) is 13.2 Å². The second kappa shape index (κ2) is 9.00. The number of halogens is 3. The molecule has 2 aliphatic rings. The lowest BCUT2D eigenvalue weighted by Gasteiger charge is -2.38. The van der Waals surface area contributed by atoms with Crippen LogP contribution in [0.25, 0.3) is 0 Å². The van der Waals surface area contributed by atoms with E-state index in [-0.39, 0.29) is 0 Å². The molecule has 154 valence electrons. The van der Waals surface area contributed by atoms with Crippen LogP contribution in [-0.2, 0) is 19.3 Å². The summed E-state index contributed by atoms with van der Waals surface area (Å²) >= 11 is 0. The molecule has 0 unspecified atom stereocenters. The minimum Gasteiger partial charge on any atom is -0.330 e. The average Bonchev–Trinajstić information content (AvgIpc) is 3.13. The Labute approximate surface area is 163 Å². The van der Waals surface area contributed by atoms with Crippen LogP contribution < -0.4 is 5.73 Å². The second-order valence-corrected chi connectivity index (χ2v) is 7.49. The zero-order valence-electron chi connectivity index (χ0n) is 16.1. The Bertz CT molecular complexity index is 738. The van der Waals surface area contributed by atoms with Crippen LogP contribution in [0.3, 0.4) is 0 Å². The van der Waals surface area contributed by atoms with E-state index < -0.39 is 12.0 Å². The van der Waals surface area contributed by atoms with Crippen molar-refractivity contribution in [1.82, 2.24) is 24.6 Å². The van der Waals surface area contributed by atoms with Gasteiger partial charge in [0.15, 0.2) is 0 Å². The standard InChI is InChI=1S/C13H20F3N5.C6H7N/c14-13(15,16)12-19-18-11-8-20(5-6-21(11)12)10-3-1-9(7-17)2-4-10;1-6-2-4-7-5-3-6/h9-10H,1-8,17H2;2-5H,1H3. The van der Waals surface area contributed by atoms with Crippen molar-refractivity contribution in [3.63, 3.8) is 0 Å². The molecule has 2 aromatic heterocycles. The molecule has 0 atom stereocenters. The number of pyridine rings is 1. The third-order valence-electron chi connectivity index (χ3n) is 5.55. The van der Waals surface area contributed by atoms with Crippen molar-refractivity contribution >= 4 is 0 Å². The molecule has 0 aromatic carbocycles. The largest absolute Gasteiger partial charge is 0.451 e. The third kappa shape index (κ3) is 5.08. The first-order chi connectivity index (χ1) is 13.4. The molecule has 1 aliphatic carbocycles. The van der Waals surface area contributed by atoms with Crippen LogP contribution >= 0.6 is 0 Å². The van der Waals surface area contributed by atoms with E-state index in [4.69, 9.17) is 5.73 Å². The summed E-state index contributed by atoms with van der Waals surface area (Å²) in [5, 5.41) is 7.05. The predicted molar refractivity (Wildman–Crippen MR) is 99.2 cm³/mol. The smallest absolute Gasteiger partial charge is 0.330 e. The summed E-state index contributed by atoms with van der Waals surface area (Å²) in [5.74, 6) is 0.157. The molecule has 0 spiro atoms. The average molecular weight is 396 g/mol. The third-order valence-corrected chi connectivity index (χ3v) is 5.55. The molecule has 9 heteroatoms. The van der Waals surface area contributed by atoms with Gasteiger partial charge < -0.3 is 10.3 Å². The van der Waals surface area contributed by atoms with E-state index >= 15 is 0 Å². The number of nitrogens with two attached hydrogens (primary N) is 1. The van der Waals surface area contributed by atoms with Gasteiger partial charge >= 0.3 is 6.18 Å². The van der Waals surface area contributed by atoms with E-state index in [1.807, 2.05) is 19.1 Å². The fourth-order valence-corrected chi connectivity index (χ4v) is 3.87. The fraction of sp³-hybridized carbons (Fsp3) is 0.632. The van der Waals surface area contributed by atoms with Crippen molar-refractivity contribution < 1.29 is 13.2 Å². The maximum Gasteiger partial charge on any atom is 0.451 e. The first kappa shape index (κ1) is 20.7. The Morgan fingerprint density at radius 2 is 1.75 bits per heavy atom. The number of fused-ring (bicyclic) bond motifs is 1. The van der Waals surface area contributed by atoms with Crippen LogP contribution in [0.5, 0.6) is 0 Å². The normalized spacial score (nSPS) is 22.9.